The van der Waals surface area contributed by atoms with E-state index in [1.165, 1.54) is 5.56 Å². The van der Waals surface area contributed by atoms with E-state index >= 15 is 0 Å². The van der Waals surface area contributed by atoms with Gasteiger partial charge in [-0.15, -0.1) is 0 Å². The van der Waals surface area contributed by atoms with Gasteiger partial charge in [0.25, 0.3) is 0 Å². The highest BCUT2D eigenvalue weighted by molar-refractivity contribution is 9.10. The van der Waals surface area contributed by atoms with Crippen LogP contribution in [0, 0.1) is 0 Å². The summed E-state index contributed by atoms with van der Waals surface area (Å²) >= 11 is 3.45. The maximum Gasteiger partial charge on any atom is 0.158 e. The van der Waals surface area contributed by atoms with Crippen molar-refractivity contribution in [3.05, 3.63) is 34.3 Å². The Hall–Kier alpha value is -0.380. The molecule has 0 unspecified atom stereocenters. The minimum atomic E-state index is 0.00832. The van der Waals surface area contributed by atoms with Crippen LogP contribution in [0.25, 0.3) is 0 Å². The molecule has 2 nitrogen and oxygen atoms in total. The van der Waals surface area contributed by atoms with Gasteiger partial charge in [0.15, 0.2) is 6.29 Å². The summed E-state index contributed by atoms with van der Waals surface area (Å²) in [6, 6.07) is 8.34. The summed E-state index contributed by atoms with van der Waals surface area (Å²) in [5.74, 6) is 0. The molecule has 0 bridgehead atoms. The van der Waals surface area contributed by atoms with Crippen LogP contribution in [0.3, 0.4) is 0 Å². The summed E-state index contributed by atoms with van der Waals surface area (Å²) in [4.78, 5) is 0. The first-order valence-electron chi connectivity index (χ1n) is 4.82. The molecule has 0 atom stereocenters. The van der Waals surface area contributed by atoms with E-state index in [1.807, 2.05) is 6.07 Å². The Kier molecular flexibility index (Phi) is 3.56. The minimum absolute atomic E-state index is 0.00832. The Labute approximate surface area is 92.3 Å². The van der Waals surface area contributed by atoms with Crippen LogP contribution in [0.1, 0.15) is 12.0 Å². The number of halogens is 1. The number of ether oxygens (including phenoxy) is 2. The second-order valence-corrected chi connectivity index (χ2v) is 4.26. The van der Waals surface area contributed by atoms with Crippen LogP contribution in [-0.4, -0.2) is 19.5 Å². The van der Waals surface area contributed by atoms with Gasteiger partial charge in [0.2, 0.25) is 0 Å². The molecule has 1 saturated heterocycles. The van der Waals surface area contributed by atoms with Crippen molar-refractivity contribution in [3.8, 4) is 0 Å². The van der Waals surface area contributed by atoms with E-state index in [2.05, 4.69) is 34.1 Å². The van der Waals surface area contributed by atoms with Crippen molar-refractivity contribution in [2.45, 2.75) is 19.1 Å². The standard InChI is InChI=1S/C11H13BrO2/c12-10-3-1-2-9(8-10)4-5-11-13-6-7-14-11/h1-3,8,11H,4-7H2. The molecule has 1 aliphatic rings. The van der Waals surface area contributed by atoms with Gasteiger partial charge in [-0.05, 0) is 24.1 Å². The maximum atomic E-state index is 5.37. The fourth-order valence-electron chi connectivity index (χ4n) is 1.55. The van der Waals surface area contributed by atoms with Crippen LogP contribution in [0.15, 0.2) is 28.7 Å². The van der Waals surface area contributed by atoms with Gasteiger partial charge >= 0.3 is 0 Å². The monoisotopic (exact) mass is 256 g/mol. The van der Waals surface area contributed by atoms with Gasteiger partial charge in [0, 0.05) is 10.9 Å². The lowest BCUT2D eigenvalue weighted by Crippen LogP contribution is -2.08. The highest BCUT2D eigenvalue weighted by Gasteiger charge is 2.15. The molecule has 0 aromatic heterocycles. The second-order valence-electron chi connectivity index (χ2n) is 3.34. The van der Waals surface area contributed by atoms with Crippen LogP contribution in [0.2, 0.25) is 0 Å². The average Bonchev–Trinajstić information content (AvgIpc) is 2.67. The molecule has 0 amide bonds. The molecule has 1 aliphatic heterocycles. The molecule has 0 aliphatic carbocycles. The third-order valence-electron chi connectivity index (χ3n) is 2.25. The van der Waals surface area contributed by atoms with E-state index in [1.54, 1.807) is 0 Å². The molecule has 0 saturated carbocycles. The van der Waals surface area contributed by atoms with Gasteiger partial charge in [-0.25, -0.2) is 0 Å². The van der Waals surface area contributed by atoms with Crippen molar-refractivity contribution < 1.29 is 9.47 Å². The zero-order valence-corrected chi connectivity index (χ0v) is 9.50. The highest BCUT2D eigenvalue weighted by Crippen LogP contribution is 2.16. The third kappa shape index (κ3) is 2.80. The van der Waals surface area contributed by atoms with E-state index in [0.29, 0.717) is 0 Å². The number of aryl methyl sites for hydroxylation is 1. The van der Waals surface area contributed by atoms with Gasteiger partial charge in [0.05, 0.1) is 13.2 Å². The summed E-state index contributed by atoms with van der Waals surface area (Å²) in [7, 11) is 0. The Morgan fingerprint density at radius 1 is 1.29 bits per heavy atom. The normalized spacial score (nSPS) is 17.5. The molecule has 0 N–H and O–H groups in total. The minimum Gasteiger partial charge on any atom is -0.350 e. The molecule has 3 heteroatoms. The quantitative estimate of drug-likeness (QED) is 0.828. The van der Waals surface area contributed by atoms with Crippen molar-refractivity contribution in [2.75, 3.05) is 13.2 Å². The summed E-state index contributed by atoms with van der Waals surface area (Å²) in [5, 5.41) is 0. The lowest BCUT2D eigenvalue weighted by Gasteiger charge is -2.08. The van der Waals surface area contributed by atoms with Crippen molar-refractivity contribution >= 4 is 15.9 Å². The largest absolute Gasteiger partial charge is 0.350 e. The van der Waals surface area contributed by atoms with Crippen LogP contribution in [-0.2, 0) is 15.9 Å². The summed E-state index contributed by atoms with van der Waals surface area (Å²) < 4.78 is 11.9. The van der Waals surface area contributed by atoms with E-state index in [-0.39, 0.29) is 6.29 Å². The van der Waals surface area contributed by atoms with E-state index in [4.69, 9.17) is 9.47 Å². The van der Waals surface area contributed by atoms with E-state index < -0.39 is 0 Å². The zero-order chi connectivity index (χ0) is 9.80. The molecule has 0 spiro atoms. The maximum absolute atomic E-state index is 5.37. The number of benzene rings is 1. The molecule has 2 rings (SSSR count). The van der Waals surface area contributed by atoms with Crippen molar-refractivity contribution in [1.82, 2.24) is 0 Å². The van der Waals surface area contributed by atoms with Gasteiger partial charge in [-0.3, -0.25) is 0 Å². The van der Waals surface area contributed by atoms with Crippen LogP contribution >= 0.6 is 15.9 Å². The zero-order valence-electron chi connectivity index (χ0n) is 7.91. The van der Waals surface area contributed by atoms with Crippen molar-refractivity contribution in [3.63, 3.8) is 0 Å². The molecule has 1 heterocycles. The lowest BCUT2D eigenvalue weighted by molar-refractivity contribution is -0.0461. The Morgan fingerprint density at radius 3 is 2.79 bits per heavy atom. The topological polar surface area (TPSA) is 18.5 Å². The molecule has 76 valence electrons. The molecule has 1 aromatic rings. The smallest absolute Gasteiger partial charge is 0.158 e. The summed E-state index contributed by atoms with van der Waals surface area (Å²) in [5.41, 5.74) is 1.32. The fraction of sp³-hybridized carbons (Fsp3) is 0.455. The van der Waals surface area contributed by atoms with Crippen LogP contribution in [0.5, 0.6) is 0 Å². The Balaban J connectivity index is 1.85. The van der Waals surface area contributed by atoms with Gasteiger partial charge in [-0.2, -0.15) is 0 Å². The predicted octanol–water partition coefficient (Wildman–Crippen LogP) is 2.75. The molecular formula is C11H13BrO2. The Morgan fingerprint density at radius 2 is 2.07 bits per heavy atom. The molecule has 0 radical (unpaired) electrons. The third-order valence-corrected chi connectivity index (χ3v) is 2.74. The number of rotatable bonds is 3. The van der Waals surface area contributed by atoms with Crippen LogP contribution < -0.4 is 0 Å². The first-order chi connectivity index (χ1) is 6.84. The lowest BCUT2D eigenvalue weighted by atomic mass is 10.1. The highest BCUT2D eigenvalue weighted by atomic mass is 79.9. The fourth-order valence-corrected chi connectivity index (χ4v) is 2.00. The Bertz CT molecular complexity index is 295. The SMILES string of the molecule is Brc1cccc(CCC2OCCO2)c1. The van der Waals surface area contributed by atoms with E-state index in [0.717, 1.165) is 30.5 Å². The molecule has 1 aromatic carbocycles. The van der Waals surface area contributed by atoms with Crippen molar-refractivity contribution in [1.29, 1.82) is 0 Å². The first kappa shape index (κ1) is 10.1. The van der Waals surface area contributed by atoms with Gasteiger partial charge < -0.3 is 9.47 Å². The molecule has 1 fully saturated rings. The van der Waals surface area contributed by atoms with Crippen LogP contribution in [0.4, 0.5) is 0 Å². The number of hydrogen-bond donors (Lipinski definition) is 0. The summed E-state index contributed by atoms with van der Waals surface area (Å²) in [6.07, 6.45) is 1.95. The predicted molar refractivity (Wildman–Crippen MR) is 58.2 cm³/mol. The molecular weight excluding hydrogens is 244 g/mol. The van der Waals surface area contributed by atoms with E-state index in [9.17, 15) is 0 Å². The second kappa shape index (κ2) is 4.91. The van der Waals surface area contributed by atoms with Crippen molar-refractivity contribution in [2.24, 2.45) is 0 Å². The number of hydrogen-bond acceptors (Lipinski definition) is 2. The van der Waals surface area contributed by atoms with Gasteiger partial charge in [-0.1, -0.05) is 28.1 Å². The molecule has 14 heavy (non-hydrogen) atoms. The summed E-state index contributed by atoms with van der Waals surface area (Å²) in [6.45, 7) is 1.48. The average molecular weight is 257 g/mol. The van der Waals surface area contributed by atoms with Gasteiger partial charge in [0.1, 0.15) is 0 Å². The first-order valence-corrected chi connectivity index (χ1v) is 5.61.